The molecule has 1 N–H and O–H groups in total. The van der Waals surface area contributed by atoms with Gasteiger partial charge in [-0.2, -0.15) is 4.31 Å². The van der Waals surface area contributed by atoms with Crippen LogP contribution in [0.1, 0.15) is 24.0 Å². The zero-order valence-electron chi connectivity index (χ0n) is 18.8. The van der Waals surface area contributed by atoms with Crippen molar-refractivity contribution >= 4 is 22.0 Å². The average molecular weight is 478 g/mol. The fraction of sp³-hybridized carbons (Fsp3) is 0.455. The van der Waals surface area contributed by atoms with Crippen LogP contribution in [0.25, 0.3) is 0 Å². The number of morpholine rings is 1. The molecule has 0 spiro atoms. The predicted octanol–water partition coefficient (Wildman–Crippen LogP) is 1.76. The lowest BCUT2D eigenvalue weighted by molar-refractivity contribution is -0.131. The van der Waals surface area contributed by atoms with Gasteiger partial charge in [-0.1, -0.05) is 0 Å². The van der Waals surface area contributed by atoms with Crippen LogP contribution in [0.15, 0.2) is 39.6 Å². The third-order valence-corrected chi connectivity index (χ3v) is 7.78. The van der Waals surface area contributed by atoms with Gasteiger partial charge in [-0.15, -0.1) is 0 Å². The Morgan fingerprint density at radius 2 is 1.79 bits per heavy atom. The molecule has 0 unspecified atom stereocenters. The van der Waals surface area contributed by atoms with Crippen molar-refractivity contribution in [1.29, 1.82) is 0 Å². The molecule has 11 heteroatoms. The van der Waals surface area contributed by atoms with Crippen molar-refractivity contribution in [1.82, 2.24) is 14.5 Å². The van der Waals surface area contributed by atoms with Gasteiger partial charge in [0.15, 0.2) is 0 Å². The number of furan rings is 1. The lowest BCUT2D eigenvalue weighted by Crippen LogP contribution is -2.41. The number of hydrogen-bond donors (Lipinski definition) is 1. The summed E-state index contributed by atoms with van der Waals surface area (Å²) < 4.78 is 43.2. The summed E-state index contributed by atoms with van der Waals surface area (Å²) in [6, 6.07) is 7.32. The molecule has 178 valence electrons. The Morgan fingerprint density at radius 1 is 1.12 bits per heavy atom. The van der Waals surface area contributed by atoms with E-state index in [4.69, 9.17) is 13.9 Å². The van der Waals surface area contributed by atoms with Crippen molar-refractivity contribution in [3.8, 4) is 5.75 Å². The van der Waals surface area contributed by atoms with Crippen LogP contribution in [0.2, 0.25) is 0 Å². The van der Waals surface area contributed by atoms with Crippen molar-refractivity contribution in [2.24, 2.45) is 0 Å². The van der Waals surface area contributed by atoms with Gasteiger partial charge in [0.25, 0.3) is 5.91 Å². The maximum Gasteiger partial charge on any atom is 0.325 e. The monoisotopic (exact) mass is 477 g/mol. The van der Waals surface area contributed by atoms with Crippen LogP contribution >= 0.6 is 0 Å². The number of carbonyl (C=O) groups excluding carboxylic acids is 2. The average Bonchev–Trinajstić information content (AvgIpc) is 3.25. The van der Waals surface area contributed by atoms with Gasteiger partial charge in [-0.25, -0.2) is 13.2 Å². The van der Waals surface area contributed by atoms with Crippen LogP contribution < -0.4 is 10.1 Å². The number of benzene rings is 1. The zero-order chi connectivity index (χ0) is 23.8. The van der Waals surface area contributed by atoms with Crippen molar-refractivity contribution in [2.45, 2.75) is 31.2 Å². The van der Waals surface area contributed by atoms with Gasteiger partial charge >= 0.3 is 6.03 Å². The molecule has 1 atom stereocenters. The van der Waals surface area contributed by atoms with Gasteiger partial charge in [-0.05, 0) is 51.1 Å². The Hall–Kier alpha value is -2.89. The van der Waals surface area contributed by atoms with Gasteiger partial charge in [0.1, 0.15) is 29.4 Å². The minimum absolute atomic E-state index is 0.0456. The number of amides is 3. The van der Waals surface area contributed by atoms with E-state index >= 15 is 0 Å². The summed E-state index contributed by atoms with van der Waals surface area (Å²) in [5.41, 5.74) is -0.576. The van der Waals surface area contributed by atoms with Crippen molar-refractivity contribution in [3.05, 3.63) is 47.4 Å². The number of ether oxygens (including phenoxy) is 2. The Balaban J connectivity index is 1.37. The molecule has 2 aliphatic heterocycles. The van der Waals surface area contributed by atoms with E-state index in [1.807, 2.05) is 0 Å². The largest absolute Gasteiger partial charge is 0.492 e. The number of nitrogens with one attached hydrogen (secondary N) is 1. The maximum atomic E-state index is 13.0. The summed E-state index contributed by atoms with van der Waals surface area (Å²) in [6.45, 7) is 6.69. The quantitative estimate of drug-likeness (QED) is 0.604. The van der Waals surface area contributed by atoms with Crippen molar-refractivity contribution in [3.63, 3.8) is 0 Å². The van der Waals surface area contributed by atoms with E-state index in [2.05, 4.69) is 5.32 Å². The van der Waals surface area contributed by atoms with E-state index in [-0.39, 0.29) is 24.0 Å². The van der Waals surface area contributed by atoms with Gasteiger partial charge in [0, 0.05) is 18.7 Å². The van der Waals surface area contributed by atoms with Crippen LogP contribution in [0, 0.1) is 13.8 Å². The van der Waals surface area contributed by atoms with Crippen LogP contribution in [0.4, 0.5) is 4.79 Å². The lowest BCUT2D eigenvalue weighted by Gasteiger charge is -2.26. The van der Waals surface area contributed by atoms with Crippen LogP contribution in [-0.4, -0.2) is 69.0 Å². The van der Waals surface area contributed by atoms with Gasteiger partial charge < -0.3 is 19.2 Å². The molecule has 10 nitrogen and oxygen atoms in total. The highest BCUT2D eigenvalue weighted by molar-refractivity contribution is 7.89. The summed E-state index contributed by atoms with van der Waals surface area (Å²) in [5, 5.41) is 2.75. The molecular weight excluding hydrogens is 450 g/mol. The molecule has 3 heterocycles. The molecule has 0 aliphatic carbocycles. The van der Waals surface area contributed by atoms with Gasteiger partial charge in [0.2, 0.25) is 10.0 Å². The van der Waals surface area contributed by atoms with Gasteiger partial charge in [-0.3, -0.25) is 9.69 Å². The summed E-state index contributed by atoms with van der Waals surface area (Å²) in [7, 11) is -3.58. The number of carbonyl (C=O) groups is 2. The van der Waals surface area contributed by atoms with Crippen LogP contribution in [0.5, 0.6) is 5.75 Å². The molecule has 0 radical (unpaired) electrons. The molecule has 1 aromatic carbocycles. The second-order valence-electron chi connectivity index (χ2n) is 8.18. The number of rotatable bonds is 7. The van der Waals surface area contributed by atoms with Crippen LogP contribution in [0.3, 0.4) is 0 Å². The molecule has 33 heavy (non-hydrogen) atoms. The number of urea groups is 1. The van der Waals surface area contributed by atoms with Crippen molar-refractivity contribution in [2.75, 3.05) is 39.5 Å². The third-order valence-electron chi connectivity index (χ3n) is 5.87. The minimum Gasteiger partial charge on any atom is -0.492 e. The normalized spacial score (nSPS) is 22.0. The maximum absolute atomic E-state index is 13.0. The summed E-state index contributed by atoms with van der Waals surface area (Å²) >= 11 is 0. The standard InChI is InChI=1S/C22H27N3O7S/c1-15-14-19(16(2)32-15)22(3)20(26)25(21(27)23-22)10-13-31-17-4-6-18(7-5-17)33(28,29)24-8-11-30-12-9-24/h4-7,14H,8-13H2,1-3H3,(H,23,27)/t22-/m1/s1. The molecule has 4 rings (SSSR count). The smallest absolute Gasteiger partial charge is 0.325 e. The Kier molecular flexibility index (Phi) is 6.21. The lowest BCUT2D eigenvalue weighted by atomic mass is 9.92. The number of imide groups is 1. The fourth-order valence-electron chi connectivity index (χ4n) is 4.11. The van der Waals surface area contributed by atoms with Gasteiger partial charge in [0.05, 0.1) is 24.7 Å². The molecule has 3 amide bonds. The van der Waals surface area contributed by atoms with E-state index in [0.29, 0.717) is 49.1 Å². The first-order valence-electron chi connectivity index (χ1n) is 10.7. The molecule has 2 aliphatic rings. The molecule has 2 aromatic rings. The first kappa shape index (κ1) is 23.3. The Labute approximate surface area is 192 Å². The first-order valence-corrected chi connectivity index (χ1v) is 12.1. The zero-order valence-corrected chi connectivity index (χ0v) is 19.6. The number of sulfonamides is 1. The summed E-state index contributed by atoms with van der Waals surface area (Å²) in [6.07, 6.45) is 0. The molecule has 0 bridgehead atoms. The summed E-state index contributed by atoms with van der Waals surface area (Å²) in [4.78, 5) is 26.8. The second kappa shape index (κ2) is 8.81. The van der Waals surface area contributed by atoms with Crippen LogP contribution in [-0.2, 0) is 25.1 Å². The number of hydrogen-bond acceptors (Lipinski definition) is 7. The summed E-state index contributed by atoms with van der Waals surface area (Å²) in [5.74, 6) is 1.29. The topological polar surface area (TPSA) is 118 Å². The molecule has 2 fully saturated rings. The Bertz CT molecular complexity index is 1150. The highest BCUT2D eigenvalue weighted by Gasteiger charge is 2.50. The molecule has 0 saturated carbocycles. The van der Waals surface area contributed by atoms with E-state index in [1.54, 1.807) is 39.0 Å². The Morgan fingerprint density at radius 3 is 2.39 bits per heavy atom. The second-order valence-corrected chi connectivity index (χ2v) is 10.1. The highest BCUT2D eigenvalue weighted by atomic mass is 32.2. The SMILES string of the molecule is Cc1cc([C@@]2(C)NC(=O)N(CCOc3ccc(S(=O)(=O)N4CCOCC4)cc3)C2=O)c(C)o1. The van der Waals surface area contributed by atoms with E-state index < -0.39 is 21.6 Å². The molecule has 2 saturated heterocycles. The first-order chi connectivity index (χ1) is 15.6. The molecule has 1 aromatic heterocycles. The fourth-order valence-corrected chi connectivity index (χ4v) is 5.52. The van der Waals surface area contributed by atoms with E-state index in [0.717, 1.165) is 4.90 Å². The number of nitrogens with zero attached hydrogens (tertiary/aromatic N) is 2. The van der Waals surface area contributed by atoms with E-state index in [1.165, 1.54) is 16.4 Å². The van der Waals surface area contributed by atoms with E-state index in [9.17, 15) is 18.0 Å². The third kappa shape index (κ3) is 4.35. The minimum atomic E-state index is -3.58. The highest BCUT2D eigenvalue weighted by Crippen LogP contribution is 2.32. The van der Waals surface area contributed by atoms with Crippen molar-refractivity contribution < 1.29 is 31.9 Å². The molecular formula is C22H27N3O7S. The predicted molar refractivity (Wildman–Crippen MR) is 117 cm³/mol. The number of aryl methyl sites for hydroxylation is 2.